The van der Waals surface area contributed by atoms with Crippen molar-refractivity contribution in [3.63, 3.8) is 0 Å². The molecule has 0 spiro atoms. The molecule has 3 heteroatoms. The summed E-state index contributed by atoms with van der Waals surface area (Å²) in [6.07, 6.45) is 0. The minimum atomic E-state index is 0.226. The summed E-state index contributed by atoms with van der Waals surface area (Å²) in [6.45, 7) is 6.85. The fraction of sp³-hybridized carbons (Fsp3) is 0.538. The van der Waals surface area contributed by atoms with E-state index in [1.807, 2.05) is 0 Å². The first-order valence-electron chi connectivity index (χ1n) is 5.63. The van der Waals surface area contributed by atoms with Gasteiger partial charge in [0.15, 0.2) is 0 Å². The van der Waals surface area contributed by atoms with Crippen LogP contribution in [-0.2, 0) is 0 Å². The Hall–Kier alpha value is 0.01000. The Bertz CT molecular complexity index is 378. The van der Waals surface area contributed by atoms with Gasteiger partial charge in [0, 0.05) is 27.1 Å². The van der Waals surface area contributed by atoms with Crippen molar-refractivity contribution in [2.24, 2.45) is 0 Å². The van der Waals surface area contributed by atoms with Gasteiger partial charge >= 0.3 is 0 Å². The Labute approximate surface area is 111 Å². The summed E-state index contributed by atoms with van der Waals surface area (Å²) in [4.78, 5) is 0. The Morgan fingerprint density at radius 2 is 2.19 bits per heavy atom. The lowest BCUT2D eigenvalue weighted by Gasteiger charge is -2.41. The lowest BCUT2D eigenvalue weighted by Crippen LogP contribution is -2.50. The summed E-state index contributed by atoms with van der Waals surface area (Å²) in [5.74, 6) is 1.18. The summed E-state index contributed by atoms with van der Waals surface area (Å²) in [5.41, 5.74) is 1.60. The molecule has 0 amide bonds. The summed E-state index contributed by atoms with van der Waals surface area (Å²) < 4.78 is 1.16. The van der Waals surface area contributed by atoms with Crippen molar-refractivity contribution in [3.8, 4) is 0 Å². The van der Waals surface area contributed by atoms with Crippen LogP contribution in [0.3, 0.4) is 0 Å². The fourth-order valence-electron chi connectivity index (χ4n) is 2.07. The second-order valence-corrected chi connectivity index (χ2v) is 7.36. The smallest absolute Gasteiger partial charge is 0.0442 e. The average molecular weight is 300 g/mol. The van der Waals surface area contributed by atoms with E-state index in [2.05, 4.69) is 78.0 Å². The van der Waals surface area contributed by atoms with Crippen molar-refractivity contribution in [3.05, 3.63) is 34.3 Å². The number of nitrogens with one attached hydrogen (secondary N) is 1. The van der Waals surface area contributed by atoms with Crippen LogP contribution in [-0.4, -0.2) is 16.5 Å². The molecule has 16 heavy (non-hydrogen) atoms. The number of rotatable bonds is 1. The maximum Gasteiger partial charge on any atom is 0.0442 e. The molecule has 1 nitrogen and oxygen atoms in total. The van der Waals surface area contributed by atoms with E-state index >= 15 is 0 Å². The topological polar surface area (TPSA) is 12.0 Å². The van der Waals surface area contributed by atoms with Gasteiger partial charge in [-0.2, -0.15) is 11.8 Å². The molecular weight excluding hydrogens is 282 g/mol. The Balaban J connectivity index is 2.25. The van der Waals surface area contributed by atoms with E-state index in [0.29, 0.717) is 11.3 Å². The molecule has 2 rings (SSSR count). The Morgan fingerprint density at radius 1 is 1.44 bits per heavy atom. The molecule has 0 bridgehead atoms. The minimum Gasteiger partial charge on any atom is -0.303 e. The van der Waals surface area contributed by atoms with Gasteiger partial charge in [0.25, 0.3) is 0 Å². The summed E-state index contributed by atoms with van der Waals surface area (Å²) in [5, 5.41) is 4.37. The highest BCUT2D eigenvalue weighted by molar-refractivity contribution is 9.10. The van der Waals surface area contributed by atoms with Crippen molar-refractivity contribution < 1.29 is 0 Å². The van der Waals surface area contributed by atoms with Crippen LogP contribution in [0.4, 0.5) is 0 Å². The zero-order chi connectivity index (χ0) is 11.8. The van der Waals surface area contributed by atoms with Crippen LogP contribution in [0.25, 0.3) is 0 Å². The largest absolute Gasteiger partial charge is 0.303 e. The first-order valence-corrected chi connectivity index (χ1v) is 7.47. The summed E-state index contributed by atoms with van der Waals surface area (Å²) in [6, 6.07) is 9.07. The van der Waals surface area contributed by atoms with Crippen molar-refractivity contribution in [2.45, 2.75) is 37.6 Å². The lowest BCUT2D eigenvalue weighted by atomic mass is 9.99. The van der Waals surface area contributed by atoms with Crippen LogP contribution in [0, 0.1) is 0 Å². The van der Waals surface area contributed by atoms with E-state index in [0.717, 1.165) is 4.47 Å². The minimum absolute atomic E-state index is 0.226. The van der Waals surface area contributed by atoms with E-state index < -0.39 is 0 Å². The maximum absolute atomic E-state index is 3.74. The van der Waals surface area contributed by atoms with Crippen LogP contribution in [0.2, 0.25) is 0 Å². The maximum atomic E-state index is 3.74. The molecule has 1 aliphatic heterocycles. The molecule has 0 aliphatic carbocycles. The number of hydrogen-bond acceptors (Lipinski definition) is 2. The Kier molecular flexibility index (Phi) is 3.67. The monoisotopic (exact) mass is 299 g/mol. The van der Waals surface area contributed by atoms with Crippen LogP contribution in [0.15, 0.2) is 28.7 Å². The second-order valence-electron chi connectivity index (χ2n) is 5.08. The van der Waals surface area contributed by atoms with Gasteiger partial charge in [0.1, 0.15) is 0 Å². The first kappa shape index (κ1) is 12.5. The van der Waals surface area contributed by atoms with Crippen molar-refractivity contribution in [2.75, 3.05) is 5.75 Å². The van der Waals surface area contributed by atoms with Gasteiger partial charge in [-0.15, -0.1) is 0 Å². The highest BCUT2D eigenvalue weighted by Crippen LogP contribution is 2.35. The molecule has 2 atom stereocenters. The van der Waals surface area contributed by atoms with E-state index in [9.17, 15) is 0 Å². The third-order valence-electron chi connectivity index (χ3n) is 2.93. The van der Waals surface area contributed by atoms with Crippen molar-refractivity contribution in [1.29, 1.82) is 0 Å². The van der Waals surface area contributed by atoms with Crippen LogP contribution >= 0.6 is 27.7 Å². The molecule has 1 saturated heterocycles. The standard InChI is InChI=1S/C13H18BrNS/c1-9-12(15-13(2,3)8-16-9)10-5-4-6-11(14)7-10/h4-7,9,12,15H,8H2,1-3H3. The summed E-state index contributed by atoms with van der Waals surface area (Å²) in [7, 11) is 0. The van der Waals surface area contributed by atoms with E-state index in [-0.39, 0.29) is 5.54 Å². The molecule has 88 valence electrons. The molecular formula is C13H18BrNS. The van der Waals surface area contributed by atoms with Gasteiger partial charge in [-0.05, 0) is 31.5 Å². The van der Waals surface area contributed by atoms with Crippen molar-refractivity contribution in [1.82, 2.24) is 5.32 Å². The van der Waals surface area contributed by atoms with Gasteiger partial charge in [0.2, 0.25) is 0 Å². The van der Waals surface area contributed by atoms with Crippen LogP contribution < -0.4 is 5.32 Å². The van der Waals surface area contributed by atoms with E-state index in [4.69, 9.17) is 0 Å². The number of halogens is 1. The van der Waals surface area contributed by atoms with E-state index in [1.165, 1.54) is 11.3 Å². The molecule has 2 unspecified atom stereocenters. The van der Waals surface area contributed by atoms with E-state index in [1.54, 1.807) is 0 Å². The molecule has 0 radical (unpaired) electrons. The third-order valence-corrected chi connectivity index (χ3v) is 5.11. The molecule has 1 fully saturated rings. The van der Waals surface area contributed by atoms with Gasteiger partial charge in [-0.25, -0.2) is 0 Å². The zero-order valence-corrected chi connectivity index (χ0v) is 12.4. The molecule has 1 aliphatic rings. The molecule has 0 saturated carbocycles. The van der Waals surface area contributed by atoms with Crippen molar-refractivity contribution >= 4 is 27.7 Å². The predicted molar refractivity (Wildman–Crippen MR) is 76.0 cm³/mol. The van der Waals surface area contributed by atoms with Gasteiger partial charge in [-0.1, -0.05) is 35.0 Å². The quantitative estimate of drug-likeness (QED) is 0.841. The molecule has 1 N–H and O–H groups in total. The molecule has 0 aromatic heterocycles. The lowest BCUT2D eigenvalue weighted by molar-refractivity contribution is 0.352. The normalized spacial score (nSPS) is 29.0. The zero-order valence-electron chi connectivity index (χ0n) is 9.96. The molecule has 1 aromatic carbocycles. The first-order chi connectivity index (χ1) is 7.48. The van der Waals surface area contributed by atoms with Crippen LogP contribution in [0.1, 0.15) is 32.4 Å². The fourth-order valence-corrected chi connectivity index (χ4v) is 3.67. The van der Waals surface area contributed by atoms with Gasteiger partial charge in [0.05, 0.1) is 0 Å². The predicted octanol–water partition coefficient (Wildman–Crippen LogP) is 3.99. The number of hydrogen-bond donors (Lipinski definition) is 1. The molecule has 1 aromatic rings. The Morgan fingerprint density at radius 3 is 2.88 bits per heavy atom. The SMILES string of the molecule is CC1SCC(C)(C)NC1c1cccc(Br)c1. The highest BCUT2D eigenvalue weighted by atomic mass is 79.9. The average Bonchev–Trinajstić information content (AvgIpc) is 2.22. The summed E-state index contributed by atoms with van der Waals surface area (Å²) >= 11 is 5.60. The van der Waals surface area contributed by atoms with Gasteiger partial charge < -0.3 is 5.32 Å². The third kappa shape index (κ3) is 2.82. The molecule has 1 heterocycles. The number of benzene rings is 1. The second kappa shape index (κ2) is 4.71. The highest BCUT2D eigenvalue weighted by Gasteiger charge is 2.33. The number of thioether (sulfide) groups is 1. The van der Waals surface area contributed by atoms with Crippen LogP contribution in [0.5, 0.6) is 0 Å². The van der Waals surface area contributed by atoms with Gasteiger partial charge in [-0.3, -0.25) is 0 Å².